The molecule has 0 fully saturated rings. The molecule has 8 heteroatoms. The van der Waals surface area contributed by atoms with Crippen molar-refractivity contribution >= 4 is 42.4 Å². The number of aromatic nitrogens is 2. The molecule has 2 aromatic heterocycles. The van der Waals surface area contributed by atoms with E-state index < -0.39 is 15.1 Å². The number of anilines is 1. The predicted molar refractivity (Wildman–Crippen MR) is 133 cm³/mol. The fourth-order valence-corrected chi connectivity index (χ4v) is 5.56. The van der Waals surface area contributed by atoms with Crippen molar-refractivity contribution in [2.45, 2.75) is 43.9 Å². The average molecular weight is 480 g/mol. The van der Waals surface area contributed by atoms with E-state index in [2.05, 4.69) is 11.9 Å². The highest BCUT2D eigenvalue weighted by Crippen LogP contribution is 2.32. The molecule has 0 unspecified atom stereocenters. The second kappa shape index (κ2) is 9.41. The molecule has 33 heavy (non-hydrogen) atoms. The van der Waals surface area contributed by atoms with E-state index in [1.807, 2.05) is 36.4 Å². The molecule has 0 saturated heterocycles. The number of sulfone groups is 1. The zero-order valence-electron chi connectivity index (χ0n) is 18.7. The van der Waals surface area contributed by atoms with Crippen LogP contribution in [0.3, 0.4) is 0 Å². The topological polar surface area (TPSA) is 80.2 Å². The summed E-state index contributed by atoms with van der Waals surface area (Å²) < 4.78 is 25.9. The van der Waals surface area contributed by atoms with E-state index in [0.717, 1.165) is 27.9 Å². The molecular weight excluding hydrogens is 454 g/mol. The summed E-state index contributed by atoms with van der Waals surface area (Å²) in [5.74, 6) is -0.258. The van der Waals surface area contributed by atoms with Crippen LogP contribution < -0.4 is 4.90 Å². The molecular formula is C25H25N3O3S2. The van der Waals surface area contributed by atoms with Gasteiger partial charge in [0.05, 0.1) is 32.6 Å². The summed E-state index contributed by atoms with van der Waals surface area (Å²) in [6, 6.07) is 17.7. The van der Waals surface area contributed by atoms with E-state index in [0.29, 0.717) is 10.7 Å². The van der Waals surface area contributed by atoms with Gasteiger partial charge in [-0.1, -0.05) is 36.5 Å². The van der Waals surface area contributed by atoms with E-state index in [9.17, 15) is 13.2 Å². The molecule has 0 saturated carbocycles. The third kappa shape index (κ3) is 4.67. The standard InChI is InChI=1S/C25H25N3O3S2/c1-4-18-8-7-10-22-23(18)27-25(32-22)28(16-20-9-5-6-15-26-20)24(29)19-11-13-21(14-12-19)33(30,31)17(2)3/h5-15,17H,4,16H2,1-3H3. The number of hydrogen-bond donors (Lipinski definition) is 0. The number of thiazole rings is 1. The summed E-state index contributed by atoms with van der Waals surface area (Å²) in [5, 5.41) is 0.0515. The molecule has 0 aliphatic heterocycles. The van der Waals surface area contributed by atoms with Gasteiger partial charge in [-0.2, -0.15) is 0 Å². The van der Waals surface area contributed by atoms with Gasteiger partial charge in [0.15, 0.2) is 15.0 Å². The number of para-hydroxylation sites is 1. The van der Waals surface area contributed by atoms with Crippen molar-refractivity contribution in [1.82, 2.24) is 9.97 Å². The molecule has 170 valence electrons. The number of pyridine rings is 1. The summed E-state index contributed by atoms with van der Waals surface area (Å²) in [4.78, 5) is 24.6. The molecule has 0 bridgehead atoms. The van der Waals surface area contributed by atoms with Crippen molar-refractivity contribution < 1.29 is 13.2 Å². The Bertz CT molecular complexity index is 1380. The lowest BCUT2D eigenvalue weighted by molar-refractivity contribution is 0.0984. The Kier molecular flexibility index (Phi) is 6.58. The molecule has 0 radical (unpaired) electrons. The molecule has 6 nitrogen and oxygen atoms in total. The van der Waals surface area contributed by atoms with E-state index in [4.69, 9.17) is 4.98 Å². The van der Waals surface area contributed by atoms with Crippen LogP contribution >= 0.6 is 11.3 Å². The van der Waals surface area contributed by atoms with E-state index >= 15 is 0 Å². The summed E-state index contributed by atoms with van der Waals surface area (Å²) in [6.45, 7) is 5.62. The Morgan fingerprint density at radius 3 is 2.42 bits per heavy atom. The number of rotatable bonds is 7. The lowest BCUT2D eigenvalue weighted by atomic mass is 10.1. The van der Waals surface area contributed by atoms with Gasteiger partial charge in [-0.15, -0.1) is 0 Å². The van der Waals surface area contributed by atoms with Crippen LogP contribution in [0.5, 0.6) is 0 Å². The van der Waals surface area contributed by atoms with E-state index in [1.165, 1.54) is 23.5 Å². The van der Waals surface area contributed by atoms with E-state index in [-0.39, 0.29) is 17.3 Å². The Morgan fingerprint density at radius 1 is 1.03 bits per heavy atom. The first-order chi connectivity index (χ1) is 15.8. The van der Waals surface area contributed by atoms with Gasteiger partial charge in [0.2, 0.25) is 0 Å². The lowest BCUT2D eigenvalue weighted by Gasteiger charge is -2.20. The molecule has 2 aromatic carbocycles. The highest BCUT2D eigenvalue weighted by atomic mass is 32.2. The van der Waals surface area contributed by atoms with Crippen molar-refractivity contribution in [2.75, 3.05) is 4.90 Å². The van der Waals surface area contributed by atoms with Crippen molar-refractivity contribution in [3.63, 3.8) is 0 Å². The highest BCUT2D eigenvalue weighted by molar-refractivity contribution is 7.92. The Hall–Kier alpha value is -3.10. The number of amides is 1. The lowest BCUT2D eigenvalue weighted by Crippen LogP contribution is -2.30. The van der Waals surface area contributed by atoms with Gasteiger partial charge in [0.25, 0.3) is 5.91 Å². The van der Waals surface area contributed by atoms with Crippen LogP contribution in [0, 0.1) is 0 Å². The first kappa shape index (κ1) is 23.1. The molecule has 4 rings (SSSR count). The van der Waals surface area contributed by atoms with Crippen molar-refractivity contribution in [3.05, 3.63) is 83.7 Å². The van der Waals surface area contributed by atoms with Crippen molar-refractivity contribution in [1.29, 1.82) is 0 Å². The number of carbonyl (C=O) groups excluding carboxylic acids is 1. The second-order valence-corrected chi connectivity index (χ2v) is 11.5. The molecule has 4 aromatic rings. The normalized spacial score (nSPS) is 11.8. The zero-order valence-corrected chi connectivity index (χ0v) is 20.4. The van der Waals surface area contributed by atoms with Gasteiger partial charge in [-0.25, -0.2) is 13.4 Å². The maximum atomic E-state index is 13.6. The zero-order chi connectivity index (χ0) is 23.6. The average Bonchev–Trinajstić information content (AvgIpc) is 3.27. The van der Waals surface area contributed by atoms with E-state index in [1.54, 1.807) is 37.1 Å². The third-order valence-electron chi connectivity index (χ3n) is 5.44. The van der Waals surface area contributed by atoms with Crippen LogP contribution in [0.2, 0.25) is 0 Å². The maximum Gasteiger partial charge on any atom is 0.260 e. The number of nitrogens with zero attached hydrogens (tertiary/aromatic N) is 3. The minimum atomic E-state index is -3.41. The Labute approximate surface area is 197 Å². The van der Waals surface area contributed by atoms with Crippen LogP contribution in [0.25, 0.3) is 10.2 Å². The number of carbonyl (C=O) groups is 1. The van der Waals surface area contributed by atoms with Crippen LogP contribution in [0.1, 0.15) is 42.4 Å². The molecule has 0 N–H and O–H groups in total. The predicted octanol–water partition coefficient (Wildman–Crippen LogP) is 5.28. The fraction of sp³-hybridized carbons (Fsp3) is 0.240. The Morgan fingerprint density at radius 2 is 1.79 bits per heavy atom. The summed E-state index contributed by atoms with van der Waals surface area (Å²) in [6.07, 6.45) is 2.54. The van der Waals surface area contributed by atoms with Gasteiger partial charge in [0.1, 0.15) is 0 Å². The number of aryl methyl sites for hydroxylation is 1. The summed E-state index contributed by atoms with van der Waals surface area (Å²) in [5.41, 5.74) is 3.16. The number of hydrogen-bond acceptors (Lipinski definition) is 6. The highest BCUT2D eigenvalue weighted by Gasteiger charge is 2.24. The molecule has 0 aliphatic rings. The van der Waals surface area contributed by atoms with Gasteiger partial charge < -0.3 is 0 Å². The summed E-state index contributed by atoms with van der Waals surface area (Å²) in [7, 11) is -3.41. The minimum absolute atomic E-state index is 0.206. The monoisotopic (exact) mass is 479 g/mol. The minimum Gasteiger partial charge on any atom is -0.278 e. The number of fused-ring (bicyclic) bond motifs is 1. The maximum absolute atomic E-state index is 13.6. The van der Waals surface area contributed by atoms with Crippen LogP contribution in [-0.2, 0) is 22.8 Å². The fourth-order valence-electron chi connectivity index (χ4n) is 3.49. The number of benzene rings is 2. The van der Waals surface area contributed by atoms with Crippen LogP contribution in [0.15, 0.2) is 71.8 Å². The molecule has 0 atom stereocenters. The largest absolute Gasteiger partial charge is 0.278 e. The SMILES string of the molecule is CCc1cccc2sc(N(Cc3ccccn3)C(=O)c3ccc(S(=O)(=O)C(C)C)cc3)nc12. The van der Waals surface area contributed by atoms with Gasteiger partial charge in [-0.05, 0) is 68.3 Å². The molecule has 0 aliphatic carbocycles. The van der Waals surface area contributed by atoms with Crippen molar-refractivity contribution in [3.8, 4) is 0 Å². The van der Waals surface area contributed by atoms with Gasteiger partial charge in [0, 0.05) is 11.8 Å². The van der Waals surface area contributed by atoms with Crippen molar-refractivity contribution in [2.24, 2.45) is 0 Å². The third-order valence-corrected chi connectivity index (χ3v) is 8.66. The van der Waals surface area contributed by atoms with Crippen LogP contribution in [-0.4, -0.2) is 29.5 Å². The first-order valence-corrected chi connectivity index (χ1v) is 13.1. The second-order valence-electron chi connectivity index (χ2n) is 7.94. The van der Waals surface area contributed by atoms with Gasteiger partial charge in [-0.3, -0.25) is 14.7 Å². The van der Waals surface area contributed by atoms with Gasteiger partial charge >= 0.3 is 0 Å². The molecule has 0 spiro atoms. The van der Waals surface area contributed by atoms with Crippen LogP contribution in [0.4, 0.5) is 5.13 Å². The summed E-state index contributed by atoms with van der Waals surface area (Å²) >= 11 is 1.46. The quantitative estimate of drug-likeness (QED) is 0.360. The smallest absolute Gasteiger partial charge is 0.260 e. The molecule has 2 heterocycles. The Balaban J connectivity index is 1.74. The molecule has 1 amide bonds. The first-order valence-electron chi connectivity index (χ1n) is 10.8.